The molecule has 1 amide bonds. The molecule has 0 aliphatic heterocycles. The maximum atomic E-state index is 11.7. The molecule has 0 radical (unpaired) electrons. The Morgan fingerprint density at radius 2 is 2.35 bits per heavy atom. The predicted molar refractivity (Wildman–Crippen MR) is 58.6 cm³/mol. The zero-order valence-corrected chi connectivity index (χ0v) is 9.35. The van der Waals surface area contributed by atoms with Gasteiger partial charge in [-0.2, -0.15) is 9.50 Å². The third kappa shape index (κ3) is 2.31. The number of nitrogens with one attached hydrogen (secondary N) is 2. The summed E-state index contributed by atoms with van der Waals surface area (Å²) in [6.07, 6.45) is 0. The van der Waals surface area contributed by atoms with Gasteiger partial charge in [0.1, 0.15) is 0 Å². The number of carbonyl (C=O) groups is 1. The van der Waals surface area contributed by atoms with Gasteiger partial charge in [-0.1, -0.05) is 0 Å². The standard InChI is InChI=1S/C9H11N5O3/c1-5(15)10-8-12-9-11-6(4-17-2)3-7(16)14(9)13-8/h3H,4H2,1-2H3,(H2,10,11,12,13,15). The Bertz CT molecular complexity index is 615. The topological polar surface area (TPSA) is 101 Å². The van der Waals surface area contributed by atoms with E-state index in [-0.39, 0.29) is 29.8 Å². The molecular weight excluding hydrogens is 226 g/mol. The normalized spacial score (nSPS) is 10.7. The number of carbonyl (C=O) groups excluding carboxylic acids is 1. The number of ether oxygens (including phenoxy) is 1. The van der Waals surface area contributed by atoms with Crippen LogP contribution in [0.25, 0.3) is 5.78 Å². The molecule has 2 heterocycles. The molecule has 0 saturated heterocycles. The Labute approximate surface area is 95.6 Å². The number of methoxy groups -OCH3 is 1. The van der Waals surface area contributed by atoms with E-state index in [0.717, 1.165) is 4.52 Å². The van der Waals surface area contributed by atoms with E-state index in [2.05, 4.69) is 20.4 Å². The van der Waals surface area contributed by atoms with Crippen molar-refractivity contribution in [3.05, 3.63) is 22.1 Å². The molecule has 8 nitrogen and oxygen atoms in total. The maximum absolute atomic E-state index is 11.7. The van der Waals surface area contributed by atoms with E-state index in [1.807, 2.05) is 0 Å². The number of fused-ring (bicyclic) bond motifs is 1. The summed E-state index contributed by atoms with van der Waals surface area (Å²) in [5.41, 5.74) is 0.171. The average molecular weight is 237 g/mol. The average Bonchev–Trinajstić information content (AvgIpc) is 2.60. The number of rotatable bonds is 3. The lowest BCUT2D eigenvalue weighted by atomic mass is 10.4. The highest BCUT2D eigenvalue weighted by molar-refractivity contribution is 5.86. The van der Waals surface area contributed by atoms with Crippen molar-refractivity contribution in [1.29, 1.82) is 0 Å². The zero-order chi connectivity index (χ0) is 12.4. The van der Waals surface area contributed by atoms with Crippen LogP contribution in [0.15, 0.2) is 10.9 Å². The summed E-state index contributed by atoms with van der Waals surface area (Å²) >= 11 is 0. The fourth-order valence-electron chi connectivity index (χ4n) is 1.37. The lowest BCUT2D eigenvalue weighted by Crippen LogP contribution is -2.16. The van der Waals surface area contributed by atoms with E-state index < -0.39 is 0 Å². The molecule has 0 unspecified atom stereocenters. The van der Waals surface area contributed by atoms with Gasteiger partial charge in [0.15, 0.2) is 0 Å². The number of amides is 1. The molecule has 0 fully saturated rings. The van der Waals surface area contributed by atoms with Crippen molar-refractivity contribution in [3.8, 4) is 0 Å². The molecule has 0 aliphatic carbocycles. The summed E-state index contributed by atoms with van der Waals surface area (Å²) in [4.78, 5) is 30.6. The first kappa shape index (κ1) is 11.3. The molecule has 8 heteroatoms. The van der Waals surface area contributed by atoms with Gasteiger partial charge in [0.2, 0.25) is 11.9 Å². The van der Waals surface area contributed by atoms with Crippen molar-refractivity contribution in [2.45, 2.75) is 13.5 Å². The van der Waals surface area contributed by atoms with Crippen molar-refractivity contribution in [2.24, 2.45) is 0 Å². The molecule has 2 N–H and O–H groups in total. The van der Waals surface area contributed by atoms with Gasteiger partial charge >= 0.3 is 0 Å². The molecule has 0 aromatic carbocycles. The second-order valence-corrected chi connectivity index (χ2v) is 3.41. The van der Waals surface area contributed by atoms with Crippen LogP contribution >= 0.6 is 0 Å². The third-order valence-corrected chi connectivity index (χ3v) is 1.97. The monoisotopic (exact) mass is 237 g/mol. The van der Waals surface area contributed by atoms with E-state index in [0.29, 0.717) is 5.69 Å². The van der Waals surface area contributed by atoms with Crippen molar-refractivity contribution in [2.75, 3.05) is 12.4 Å². The van der Waals surface area contributed by atoms with Gasteiger partial charge in [-0.15, -0.1) is 0 Å². The summed E-state index contributed by atoms with van der Waals surface area (Å²) in [7, 11) is 1.51. The molecular formula is C9H11N5O3. The minimum Gasteiger partial charge on any atom is -0.378 e. The third-order valence-electron chi connectivity index (χ3n) is 1.97. The van der Waals surface area contributed by atoms with Crippen LogP contribution in [0.2, 0.25) is 0 Å². The summed E-state index contributed by atoms with van der Waals surface area (Å²) in [5.74, 6) is 0.0826. The number of anilines is 1. The Morgan fingerprint density at radius 3 is 3.00 bits per heavy atom. The van der Waals surface area contributed by atoms with E-state index in [1.54, 1.807) is 0 Å². The van der Waals surface area contributed by atoms with Crippen molar-refractivity contribution >= 4 is 17.6 Å². The number of H-pyrrole nitrogens is 1. The Balaban J connectivity index is 2.49. The van der Waals surface area contributed by atoms with Crippen LogP contribution in [-0.4, -0.2) is 32.6 Å². The minimum absolute atomic E-state index is 0.177. The first-order valence-electron chi connectivity index (χ1n) is 4.85. The number of hydrogen-bond donors (Lipinski definition) is 2. The van der Waals surface area contributed by atoms with Crippen LogP contribution in [0.4, 0.5) is 5.95 Å². The van der Waals surface area contributed by atoms with E-state index in [4.69, 9.17) is 4.74 Å². The van der Waals surface area contributed by atoms with Gasteiger partial charge in [0, 0.05) is 20.1 Å². The summed E-state index contributed by atoms with van der Waals surface area (Å²) in [6.45, 7) is 1.58. The lowest BCUT2D eigenvalue weighted by molar-refractivity contribution is -0.114. The van der Waals surface area contributed by atoms with Crippen molar-refractivity contribution in [1.82, 2.24) is 19.6 Å². The smallest absolute Gasteiger partial charge is 0.274 e. The first-order valence-corrected chi connectivity index (χ1v) is 4.85. The van der Waals surface area contributed by atoms with Gasteiger partial charge in [0.25, 0.3) is 11.3 Å². The molecule has 90 valence electrons. The second-order valence-electron chi connectivity index (χ2n) is 3.41. The Kier molecular flexibility index (Phi) is 2.88. The highest BCUT2D eigenvalue weighted by atomic mass is 16.5. The highest BCUT2D eigenvalue weighted by Gasteiger charge is 2.08. The second kappa shape index (κ2) is 4.34. The molecule has 0 atom stereocenters. The molecule has 2 rings (SSSR count). The molecule has 0 aliphatic rings. The zero-order valence-electron chi connectivity index (χ0n) is 9.35. The summed E-state index contributed by atoms with van der Waals surface area (Å²) in [5, 5.41) is 5.06. The van der Waals surface area contributed by atoms with E-state index in [1.165, 1.54) is 20.1 Å². The fourth-order valence-corrected chi connectivity index (χ4v) is 1.37. The van der Waals surface area contributed by atoms with Crippen LogP contribution < -0.4 is 10.9 Å². The predicted octanol–water partition coefficient (Wildman–Crippen LogP) is -0.478. The molecule has 2 aromatic heterocycles. The number of aromatic nitrogens is 4. The van der Waals surface area contributed by atoms with Gasteiger partial charge in [-0.05, 0) is 0 Å². The number of aromatic amines is 1. The van der Waals surface area contributed by atoms with E-state index in [9.17, 15) is 9.59 Å². The van der Waals surface area contributed by atoms with Gasteiger partial charge in [-0.3, -0.25) is 20.0 Å². The Morgan fingerprint density at radius 1 is 1.59 bits per heavy atom. The van der Waals surface area contributed by atoms with E-state index >= 15 is 0 Å². The number of nitrogens with zero attached hydrogens (tertiary/aromatic N) is 3. The lowest BCUT2D eigenvalue weighted by Gasteiger charge is -1.97. The summed E-state index contributed by atoms with van der Waals surface area (Å²) < 4.78 is 6.03. The number of hydrogen-bond acceptors (Lipinski definition) is 5. The maximum Gasteiger partial charge on any atom is 0.274 e. The summed E-state index contributed by atoms with van der Waals surface area (Å²) in [6, 6.07) is 1.34. The molecule has 0 saturated carbocycles. The molecule has 17 heavy (non-hydrogen) atoms. The first-order chi connectivity index (χ1) is 8.10. The van der Waals surface area contributed by atoms with Crippen molar-refractivity contribution < 1.29 is 9.53 Å². The molecule has 2 aromatic rings. The highest BCUT2D eigenvalue weighted by Crippen LogP contribution is 2.02. The Hall–Kier alpha value is -2.22. The SMILES string of the molecule is COCc1cc(=O)n2[nH]c(NC(C)=O)nc2n1. The van der Waals surface area contributed by atoms with Crippen LogP contribution in [0.1, 0.15) is 12.6 Å². The quantitative estimate of drug-likeness (QED) is 0.750. The fraction of sp³-hybridized carbons (Fsp3) is 0.333. The minimum atomic E-state index is -0.314. The van der Waals surface area contributed by atoms with Gasteiger partial charge in [0.05, 0.1) is 12.3 Å². The van der Waals surface area contributed by atoms with Gasteiger partial charge in [-0.25, -0.2) is 4.98 Å². The largest absolute Gasteiger partial charge is 0.378 e. The van der Waals surface area contributed by atoms with Crippen molar-refractivity contribution in [3.63, 3.8) is 0 Å². The molecule has 0 bridgehead atoms. The molecule has 0 spiro atoms. The van der Waals surface area contributed by atoms with Crippen LogP contribution in [0.3, 0.4) is 0 Å². The van der Waals surface area contributed by atoms with Crippen LogP contribution in [-0.2, 0) is 16.1 Å². The van der Waals surface area contributed by atoms with Crippen LogP contribution in [0, 0.1) is 0 Å². The van der Waals surface area contributed by atoms with Crippen LogP contribution in [0.5, 0.6) is 0 Å². The van der Waals surface area contributed by atoms with Gasteiger partial charge < -0.3 is 4.74 Å².